The molecule has 2 atom stereocenters. The molecule has 1 amide bonds. The van der Waals surface area contributed by atoms with Crippen LogP contribution in [-0.2, 0) is 19.1 Å². The van der Waals surface area contributed by atoms with Crippen molar-refractivity contribution in [3.05, 3.63) is 0 Å². The molecular weight excluding hydrogens is 262 g/mol. The number of aliphatic carboxylic acids is 1. The Morgan fingerprint density at radius 2 is 1.85 bits per heavy atom. The molecule has 2 heterocycles. The zero-order valence-electron chi connectivity index (χ0n) is 11.9. The third-order valence-electron chi connectivity index (χ3n) is 4.90. The van der Waals surface area contributed by atoms with Crippen molar-refractivity contribution in [3.8, 4) is 0 Å². The van der Waals surface area contributed by atoms with E-state index in [-0.39, 0.29) is 5.91 Å². The molecule has 3 fully saturated rings. The van der Waals surface area contributed by atoms with Crippen LogP contribution in [0.3, 0.4) is 0 Å². The highest BCUT2D eigenvalue weighted by atomic mass is 16.7. The standard InChI is InChI=1S/C14H21NO5/c1-13(2)9(10(13)12(17)18)11(16)15-5-3-4-14(8-15)19-6-7-20-14/h9-10H,3-8H2,1-2H3,(H,17,18). The van der Waals surface area contributed by atoms with Crippen LogP contribution in [0.5, 0.6) is 0 Å². The van der Waals surface area contributed by atoms with Crippen molar-refractivity contribution in [1.82, 2.24) is 4.90 Å². The summed E-state index contributed by atoms with van der Waals surface area (Å²) in [5, 5.41) is 9.19. The molecule has 0 aromatic heterocycles. The van der Waals surface area contributed by atoms with Crippen LogP contribution >= 0.6 is 0 Å². The Morgan fingerprint density at radius 1 is 1.20 bits per heavy atom. The van der Waals surface area contributed by atoms with E-state index in [1.165, 1.54) is 0 Å². The van der Waals surface area contributed by atoms with E-state index < -0.39 is 29.0 Å². The predicted octanol–water partition coefficient (Wildman–Crippen LogP) is 0.709. The van der Waals surface area contributed by atoms with Crippen molar-refractivity contribution in [2.75, 3.05) is 26.3 Å². The van der Waals surface area contributed by atoms with Crippen LogP contribution in [0.4, 0.5) is 0 Å². The Kier molecular flexibility index (Phi) is 3.06. The first-order valence-electron chi connectivity index (χ1n) is 7.17. The summed E-state index contributed by atoms with van der Waals surface area (Å²) in [5.74, 6) is -2.59. The zero-order valence-corrected chi connectivity index (χ0v) is 11.9. The van der Waals surface area contributed by atoms with Gasteiger partial charge in [0.1, 0.15) is 0 Å². The summed E-state index contributed by atoms with van der Waals surface area (Å²) in [6.07, 6.45) is 1.63. The number of piperidine rings is 1. The second-order valence-corrected chi connectivity index (χ2v) is 6.59. The maximum absolute atomic E-state index is 12.6. The summed E-state index contributed by atoms with van der Waals surface area (Å²) in [6.45, 7) is 5.90. The quantitative estimate of drug-likeness (QED) is 0.807. The molecule has 20 heavy (non-hydrogen) atoms. The van der Waals surface area contributed by atoms with Gasteiger partial charge in [0, 0.05) is 13.0 Å². The minimum atomic E-state index is -0.881. The van der Waals surface area contributed by atoms with Crippen LogP contribution in [0.15, 0.2) is 0 Å². The van der Waals surface area contributed by atoms with Crippen molar-refractivity contribution in [1.29, 1.82) is 0 Å². The Hall–Kier alpha value is -1.14. The number of carboxylic acid groups (broad SMARTS) is 1. The fourth-order valence-corrected chi connectivity index (χ4v) is 3.67. The molecule has 1 saturated carbocycles. The van der Waals surface area contributed by atoms with Gasteiger partial charge in [-0.15, -0.1) is 0 Å². The molecule has 2 saturated heterocycles. The molecular formula is C14H21NO5. The van der Waals surface area contributed by atoms with Gasteiger partial charge in [-0.25, -0.2) is 0 Å². The number of carbonyl (C=O) groups is 2. The van der Waals surface area contributed by atoms with Crippen molar-refractivity contribution in [2.45, 2.75) is 32.5 Å². The molecule has 2 aliphatic heterocycles. The average molecular weight is 283 g/mol. The van der Waals surface area contributed by atoms with E-state index in [1.807, 2.05) is 13.8 Å². The van der Waals surface area contributed by atoms with Crippen LogP contribution in [0.25, 0.3) is 0 Å². The van der Waals surface area contributed by atoms with Crippen molar-refractivity contribution in [2.24, 2.45) is 17.3 Å². The number of likely N-dealkylation sites (tertiary alicyclic amines) is 1. The summed E-state index contributed by atoms with van der Waals surface area (Å²) < 4.78 is 11.3. The summed E-state index contributed by atoms with van der Waals surface area (Å²) in [5.41, 5.74) is -0.453. The van der Waals surface area contributed by atoms with Gasteiger partial charge in [0.15, 0.2) is 5.79 Å². The molecule has 6 nitrogen and oxygen atoms in total. The van der Waals surface area contributed by atoms with Gasteiger partial charge >= 0.3 is 5.97 Å². The lowest BCUT2D eigenvalue weighted by molar-refractivity contribution is -0.193. The Balaban J connectivity index is 1.70. The summed E-state index contributed by atoms with van der Waals surface area (Å²) in [6, 6.07) is 0. The van der Waals surface area contributed by atoms with Crippen molar-refractivity contribution >= 4 is 11.9 Å². The second-order valence-electron chi connectivity index (χ2n) is 6.59. The molecule has 112 valence electrons. The number of carbonyl (C=O) groups excluding carboxylic acids is 1. The maximum atomic E-state index is 12.6. The van der Waals surface area contributed by atoms with Gasteiger partial charge in [-0.2, -0.15) is 0 Å². The second kappa shape index (κ2) is 4.43. The van der Waals surface area contributed by atoms with Crippen molar-refractivity contribution < 1.29 is 24.2 Å². The number of nitrogens with zero attached hydrogens (tertiary/aromatic N) is 1. The SMILES string of the molecule is CC1(C)C(C(=O)O)C1C(=O)N1CCCC2(C1)OCCO2. The largest absolute Gasteiger partial charge is 0.481 e. The Morgan fingerprint density at radius 3 is 2.40 bits per heavy atom. The smallest absolute Gasteiger partial charge is 0.307 e. The van der Waals surface area contributed by atoms with Gasteiger partial charge in [-0.3, -0.25) is 9.59 Å². The lowest BCUT2D eigenvalue weighted by atomic mass is 10.0. The highest BCUT2D eigenvalue weighted by molar-refractivity contribution is 5.91. The number of rotatable bonds is 2. The predicted molar refractivity (Wildman–Crippen MR) is 68.8 cm³/mol. The van der Waals surface area contributed by atoms with Gasteiger partial charge in [0.25, 0.3) is 0 Å². The first kappa shape index (κ1) is 13.8. The lowest BCUT2D eigenvalue weighted by Crippen LogP contribution is -2.51. The van der Waals surface area contributed by atoms with E-state index >= 15 is 0 Å². The highest BCUT2D eigenvalue weighted by Gasteiger charge is 2.67. The molecule has 1 aliphatic carbocycles. The van der Waals surface area contributed by atoms with Gasteiger partial charge < -0.3 is 19.5 Å². The van der Waals surface area contributed by atoms with Crippen LogP contribution in [0, 0.1) is 17.3 Å². The Bertz CT molecular complexity index is 441. The van der Waals surface area contributed by atoms with Crippen molar-refractivity contribution in [3.63, 3.8) is 0 Å². The van der Waals surface area contributed by atoms with E-state index in [1.54, 1.807) is 4.90 Å². The van der Waals surface area contributed by atoms with E-state index in [9.17, 15) is 14.7 Å². The normalized spacial score (nSPS) is 34.2. The number of hydrogen-bond acceptors (Lipinski definition) is 4. The first-order valence-corrected chi connectivity index (χ1v) is 7.17. The number of ether oxygens (including phenoxy) is 2. The molecule has 6 heteroatoms. The van der Waals surface area contributed by atoms with Gasteiger partial charge in [0.05, 0.1) is 31.6 Å². The number of amides is 1. The van der Waals surface area contributed by atoms with Crippen LogP contribution in [0.2, 0.25) is 0 Å². The van der Waals surface area contributed by atoms with Crippen LogP contribution in [0.1, 0.15) is 26.7 Å². The molecule has 0 aromatic carbocycles. The summed E-state index contributed by atoms with van der Waals surface area (Å²) in [4.78, 5) is 25.5. The Labute approximate surface area is 118 Å². The molecule has 1 spiro atoms. The minimum absolute atomic E-state index is 0.0689. The van der Waals surface area contributed by atoms with Crippen LogP contribution < -0.4 is 0 Å². The topological polar surface area (TPSA) is 76.1 Å². The molecule has 3 aliphatic rings. The lowest BCUT2D eigenvalue weighted by Gasteiger charge is -2.38. The molecule has 3 rings (SSSR count). The number of carboxylic acids is 1. The maximum Gasteiger partial charge on any atom is 0.307 e. The molecule has 0 bridgehead atoms. The highest BCUT2D eigenvalue weighted by Crippen LogP contribution is 2.59. The third-order valence-corrected chi connectivity index (χ3v) is 4.90. The van der Waals surface area contributed by atoms with Gasteiger partial charge in [-0.1, -0.05) is 13.8 Å². The summed E-state index contributed by atoms with van der Waals surface area (Å²) in [7, 11) is 0. The van der Waals surface area contributed by atoms with E-state index in [0.717, 1.165) is 12.8 Å². The molecule has 0 aromatic rings. The van der Waals surface area contributed by atoms with E-state index in [0.29, 0.717) is 26.3 Å². The van der Waals surface area contributed by atoms with Crippen LogP contribution in [-0.4, -0.2) is 54.0 Å². The fourth-order valence-electron chi connectivity index (χ4n) is 3.67. The fraction of sp³-hybridized carbons (Fsp3) is 0.857. The number of hydrogen-bond donors (Lipinski definition) is 1. The molecule has 2 unspecified atom stereocenters. The minimum Gasteiger partial charge on any atom is -0.481 e. The summed E-state index contributed by atoms with van der Waals surface area (Å²) >= 11 is 0. The zero-order chi connectivity index (χ0) is 14.5. The van der Waals surface area contributed by atoms with E-state index in [2.05, 4.69) is 0 Å². The average Bonchev–Trinajstić information content (AvgIpc) is 2.73. The monoisotopic (exact) mass is 283 g/mol. The van der Waals surface area contributed by atoms with Gasteiger partial charge in [-0.05, 0) is 11.8 Å². The molecule has 0 radical (unpaired) electrons. The van der Waals surface area contributed by atoms with E-state index in [4.69, 9.17) is 9.47 Å². The van der Waals surface area contributed by atoms with Gasteiger partial charge in [0.2, 0.25) is 5.91 Å². The first-order chi connectivity index (χ1) is 9.37. The molecule has 1 N–H and O–H groups in total. The third kappa shape index (κ3) is 2.02.